The van der Waals surface area contributed by atoms with Gasteiger partial charge >= 0.3 is 5.97 Å². The third-order valence-electron chi connectivity index (χ3n) is 1.41. The number of alkyl halides is 1. The molecule has 0 bridgehead atoms. The number of carbonyl (C=O) groups is 1. The van der Waals surface area contributed by atoms with E-state index >= 15 is 0 Å². The highest BCUT2D eigenvalue weighted by Crippen LogP contribution is 2.25. The Labute approximate surface area is 74.2 Å². The molecule has 0 spiro atoms. The fourth-order valence-electron chi connectivity index (χ4n) is 0.999. The maximum Gasteiger partial charge on any atom is 0.337 e. The minimum atomic E-state index is -0.732. The van der Waals surface area contributed by atoms with Crippen LogP contribution in [0.5, 0.6) is 0 Å². The van der Waals surface area contributed by atoms with Gasteiger partial charge in [0.05, 0.1) is 0 Å². The molecule has 1 fully saturated rings. The lowest BCUT2D eigenvalue weighted by Gasteiger charge is -2.14. The Morgan fingerprint density at radius 2 is 2.27 bits per heavy atom. The van der Waals surface area contributed by atoms with Crippen LogP contribution in [0.1, 0.15) is 20.3 Å². The second-order valence-corrected chi connectivity index (χ2v) is 3.70. The van der Waals surface area contributed by atoms with Crippen molar-refractivity contribution < 1.29 is 14.3 Å². The van der Waals surface area contributed by atoms with Crippen molar-refractivity contribution in [3.8, 4) is 0 Å². The Bertz CT molecular complexity index is 167. The SMILES string of the molecule is CC1(C)OC(=O)[C@@H](CCBr)O1. The van der Waals surface area contributed by atoms with Crippen molar-refractivity contribution in [1.29, 1.82) is 0 Å². The predicted octanol–water partition coefficient (Wildman–Crippen LogP) is 1.45. The van der Waals surface area contributed by atoms with E-state index in [2.05, 4.69) is 15.9 Å². The Hall–Kier alpha value is -0.0900. The zero-order chi connectivity index (χ0) is 8.48. The van der Waals surface area contributed by atoms with E-state index in [0.29, 0.717) is 6.42 Å². The van der Waals surface area contributed by atoms with Crippen molar-refractivity contribution in [1.82, 2.24) is 0 Å². The van der Waals surface area contributed by atoms with E-state index in [1.54, 1.807) is 13.8 Å². The molecular weight excluding hydrogens is 212 g/mol. The van der Waals surface area contributed by atoms with Crippen LogP contribution in [0, 0.1) is 0 Å². The van der Waals surface area contributed by atoms with Crippen LogP contribution in [-0.4, -0.2) is 23.2 Å². The molecule has 0 aromatic carbocycles. The molecule has 0 radical (unpaired) electrons. The van der Waals surface area contributed by atoms with Crippen LogP contribution in [0.2, 0.25) is 0 Å². The van der Waals surface area contributed by atoms with Crippen molar-refractivity contribution in [2.75, 3.05) is 5.33 Å². The monoisotopic (exact) mass is 222 g/mol. The third-order valence-corrected chi connectivity index (χ3v) is 1.86. The van der Waals surface area contributed by atoms with E-state index in [-0.39, 0.29) is 12.1 Å². The number of hydrogen-bond donors (Lipinski definition) is 0. The molecule has 1 heterocycles. The molecule has 4 heteroatoms. The van der Waals surface area contributed by atoms with Crippen LogP contribution < -0.4 is 0 Å². The molecule has 0 aromatic heterocycles. The maximum atomic E-state index is 11.0. The molecule has 0 aliphatic carbocycles. The van der Waals surface area contributed by atoms with Crippen LogP contribution in [0.25, 0.3) is 0 Å². The molecule has 1 saturated heterocycles. The summed E-state index contributed by atoms with van der Waals surface area (Å²) < 4.78 is 10.2. The quantitative estimate of drug-likeness (QED) is 0.525. The maximum absolute atomic E-state index is 11.0. The molecule has 0 N–H and O–H groups in total. The van der Waals surface area contributed by atoms with E-state index < -0.39 is 5.79 Å². The summed E-state index contributed by atoms with van der Waals surface area (Å²) in [5, 5.41) is 0.753. The second kappa shape index (κ2) is 3.11. The fraction of sp³-hybridized carbons (Fsp3) is 0.857. The van der Waals surface area contributed by atoms with Gasteiger partial charge in [-0.3, -0.25) is 0 Å². The minimum absolute atomic E-state index is 0.255. The molecule has 0 amide bonds. The standard InChI is InChI=1S/C7H11BrO3/c1-7(2)10-5(3-4-8)6(9)11-7/h5H,3-4H2,1-2H3/t5-/m1/s1. The van der Waals surface area contributed by atoms with Gasteiger partial charge < -0.3 is 9.47 Å². The Morgan fingerprint density at radius 1 is 1.64 bits per heavy atom. The van der Waals surface area contributed by atoms with Gasteiger partial charge in [0.1, 0.15) is 0 Å². The summed E-state index contributed by atoms with van der Waals surface area (Å²) in [5.74, 6) is -0.987. The molecule has 3 nitrogen and oxygen atoms in total. The number of ether oxygens (including phenoxy) is 2. The van der Waals surface area contributed by atoms with Crippen LogP contribution in [0.15, 0.2) is 0 Å². The average molecular weight is 223 g/mol. The zero-order valence-electron chi connectivity index (χ0n) is 6.59. The minimum Gasteiger partial charge on any atom is -0.432 e. The number of halogens is 1. The molecule has 64 valence electrons. The van der Waals surface area contributed by atoms with E-state index in [4.69, 9.17) is 9.47 Å². The number of cyclic esters (lactones) is 1. The van der Waals surface area contributed by atoms with Gasteiger partial charge in [0.25, 0.3) is 0 Å². The van der Waals surface area contributed by atoms with E-state index in [1.165, 1.54) is 0 Å². The van der Waals surface area contributed by atoms with Gasteiger partial charge in [-0.05, 0) is 6.42 Å². The summed E-state index contributed by atoms with van der Waals surface area (Å²) in [6.45, 7) is 3.47. The molecule has 1 aliphatic heterocycles. The lowest BCUT2D eigenvalue weighted by atomic mass is 10.3. The molecular formula is C7H11BrO3. The number of esters is 1. The first kappa shape index (κ1) is 9.00. The second-order valence-electron chi connectivity index (χ2n) is 2.91. The van der Waals surface area contributed by atoms with Gasteiger partial charge in [-0.15, -0.1) is 0 Å². The van der Waals surface area contributed by atoms with Gasteiger partial charge in [0.15, 0.2) is 6.10 Å². The van der Waals surface area contributed by atoms with Gasteiger partial charge in [-0.25, -0.2) is 4.79 Å². The van der Waals surface area contributed by atoms with Gasteiger partial charge in [0, 0.05) is 19.2 Å². The molecule has 1 aliphatic rings. The lowest BCUT2D eigenvalue weighted by molar-refractivity contribution is -0.160. The van der Waals surface area contributed by atoms with Crippen LogP contribution >= 0.6 is 15.9 Å². The third kappa shape index (κ3) is 2.17. The van der Waals surface area contributed by atoms with E-state index in [0.717, 1.165) is 5.33 Å². The first-order valence-electron chi connectivity index (χ1n) is 3.52. The highest BCUT2D eigenvalue weighted by Gasteiger charge is 2.40. The molecule has 1 atom stereocenters. The predicted molar refractivity (Wildman–Crippen MR) is 43.5 cm³/mol. The first-order valence-corrected chi connectivity index (χ1v) is 4.64. The topological polar surface area (TPSA) is 35.5 Å². The van der Waals surface area contributed by atoms with Crippen molar-refractivity contribution >= 4 is 21.9 Å². The molecule has 11 heavy (non-hydrogen) atoms. The Balaban J connectivity index is 2.52. The van der Waals surface area contributed by atoms with Crippen LogP contribution in [-0.2, 0) is 14.3 Å². The molecule has 0 saturated carbocycles. The van der Waals surface area contributed by atoms with Crippen molar-refractivity contribution in [3.63, 3.8) is 0 Å². The zero-order valence-corrected chi connectivity index (χ0v) is 8.18. The first-order chi connectivity index (χ1) is 5.05. The lowest BCUT2D eigenvalue weighted by Crippen LogP contribution is -2.21. The average Bonchev–Trinajstić information content (AvgIpc) is 2.07. The Morgan fingerprint density at radius 3 is 2.64 bits per heavy atom. The summed E-state index contributed by atoms with van der Waals surface area (Å²) in [7, 11) is 0. The van der Waals surface area contributed by atoms with Gasteiger partial charge in [0.2, 0.25) is 5.79 Å². The van der Waals surface area contributed by atoms with Crippen LogP contribution in [0.4, 0.5) is 0 Å². The van der Waals surface area contributed by atoms with E-state index in [9.17, 15) is 4.79 Å². The summed E-state index contributed by atoms with van der Waals surface area (Å²) in [4.78, 5) is 11.0. The number of carbonyl (C=O) groups excluding carboxylic acids is 1. The van der Waals surface area contributed by atoms with Gasteiger partial charge in [-0.2, -0.15) is 0 Å². The molecule has 1 rings (SSSR count). The Kier molecular flexibility index (Phi) is 2.54. The largest absolute Gasteiger partial charge is 0.432 e. The summed E-state index contributed by atoms with van der Waals surface area (Å²) in [5.41, 5.74) is 0. The van der Waals surface area contributed by atoms with Crippen LogP contribution in [0.3, 0.4) is 0 Å². The summed E-state index contributed by atoms with van der Waals surface area (Å²) in [6, 6.07) is 0. The molecule has 0 unspecified atom stereocenters. The number of rotatable bonds is 2. The molecule has 0 aromatic rings. The van der Waals surface area contributed by atoms with Crippen molar-refractivity contribution in [2.45, 2.75) is 32.2 Å². The summed E-state index contributed by atoms with van der Waals surface area (Å²) >= 11 is 3.24. The summed E-state index contributed by atoms with van der Waals surface area (Å²) in [6.07, 6.45) is 0.284. The van der Waals surface area contributed by atoms with Crippen molar-refractivity contribution in [2.24, 2.45) is 0 Å². The highest BCUT2D eigenvalue weighted by atomic mass is 79.9. The smallest absolute Gasteiger partial charge is 0.337 e. The van der Waals surface area contributed by atoms with E-state index in [1.807, 2.05) is 0 Å². The van der Waals surface area contributed by atoms with Gasteiger partial charge in [-0.1, -0.05) is 15.9 Å². The highest BCUT2D eigenvalue weighted by molar-refractivity contribution is 9.09. The van der Waals surface area contributed by atoms with Crippen molar-refractivity contribution in [3.05, 3.63) is 0 Å². The number of hydrogen-bond acceptors (Lipinski definition) is 3. The fourth-order valence-corrected chi connectivity index (χ4v) is 1.41. The normalized spacial score (nSPS) is 28.6.